The molecule has 2 aromatic heterocycles. The number of H-pyrrole nitrogens is 1. The van der Waals surface area contributed by atoms with E-state index >= 15 is 0 Å². The Morgan fingerprint density at radius 3 is 3.11 bits per heavy atom. The molecule has 1 fully saturated rings. The standard InChI is InChI=1S/C11H17N7O/c1-18(7-2-3-7)4-5-19-10-8-6-13-17-9(8)14-11(15-10)16-12/h6-7H,2-5,12H2,1H3,(H2,13,14,15,16,17). The van der Waals surface area contributed by atoms with Gasteiger partial charge >= 0.3 is 0 Å². The number of aromatic amines is 1. The van der Waals surface area contributed by atoms with Crippen molar-refractivity contribution in [3.8, 4) is 5.88 Å². The van der Waals surface area contributed by atoms with E-state index in [0.29, 0.717) is 24.1 Å². The lowest BCUT2D eigenvalue weighted by molar-refractivity contribution is 0.228. The molecule has 0 aromatic carbocycles. The molecule has 19 heavy (non-hydrogen) atoms. The highest BCUT2D eigenvalue weighted by atomic mass is 16.5. The van der Waals surface area contributed by atoms with Crippen LogP contribution in [0.5, 0.6) is 5.88 Å². The molecule has 0 amide bonds. The van der Waals surface area contributed by atoms with E-state index < -0.39 is 0 Å². The van der Waals surface area contributed by atoms with Gasteiger partial charge in [0.2, 0.25) is 11.8 Å². The summed E-state index contributed by atoms with van der Waals surface area (Å²) in [5, 5.41) is 7.46. The smallest absolute Gasteiger partial charge is 0.242 e. The van der Waals surface area contributed by atoms with Gasteiger partial charge in [-0.3, -0.25) is 10.5 Å². The Hall–Kier alpha value is -1.93. The normalized spacial score (nSPS) is 15.1. The van der Waals surface area contributed by atoms with Gasteiger partial charge in [-0.05, 0) is 19.9 Å². The van der Waals surface area contributed by atoms with E-state index in [-0.39, 0.29) is 0 Å². The van der Waals surface area contributed by atoms with Gasteiger partial charge in [0, 0.05) is 12.6 Å². The van der Waals surface area contributed by atoms with Crippen molar-refractivity contribution < 1.29 is 4.74 Å². The van der Waals surface area contributed by atoms with Gasteiger partial charge in [0.1, 0.15) is 12.0 Å². The summed E-state index contributed by atoms with van der Waals surface area (Å²) in [4.78, 5) is 10.6. The van der Waals surface area contributed by atoms with E-state index in [0.717, 1.165) is 18.0 Å². The van der Waals surface area contributed by atoms with Crippen LogP contribution in [0.2, 0.25) is 0 Å². The number of ether oxygens (including phenoxy) is 1. The fourth-order valence-corrected chi connectivity index (χ4v) is 1.97. The van der Waals surface area contributed by atoms with Crippen molar-refractivity contribution in [3.63, 3.8) is 0 Å². The van der Waals surface area contributed by atoms with Crippen molar-refractivity contribution in [3.05, 3.63) is 6.20 Å². The zero-order valence-corrected chi connectivity index (χ0v) is 10.8. The largest absolute Gasteiger partial charge is 0.476 e. The first-order valence-electron chi connectivity index (χ1n) is 6.28. The minimum Gasteiger partial charge on any atom is -0.476 e. The third kappa shape index (κ3) is 2.59. The minimum absolute atomic E-state index is 0.308. The van der Waals surface area contributed by atoms with Crippen LogP contribution >= 0.6 is 0 Å². The average molecular weight is 263 g/mol. The third-order valence-electron chi connectivity index (χ3n) is 3.26. The van der Waals surface area contributed by atoms with E-state index in [4.69, 9.17) is 10.6 Å². The number of aromatic nitrogens is 4. The second kappa shape index (κ2) is 4.98. The molecule has 2 heterocycles. The predicted octanol–water partition coefficient (Wildman–Crippen LogP) is 0.112. The number of nitrogens with two attached hydrogens (primary N) is 1. The molecule has 0 unspecified atom stereocenters. The molecule has 1 saturated carbocycles. The maximum absolute atomic E-state index is 5.72. The molecule has 2 aromatic rings. The van der Waals surface area contributed by atoms with Crippen molar-refractivity contribution in [2.24, 2.45) is 5.84 Å². The zero-order chi connectivity index (χ0) is 13.2. The third-order valence-corrected chi connectivity index (χ3v) is 3.26. The highest BCUT2D eigenvalue weighted by molar-refractivity contribution is 5.80. The number of anilines is 1. The van der Waals surface area contributed by atoms with Crippen LogP contribution in [0.15, 0.2) is 6.20 Å². The second-order valence-electron chi connectivity index (χ2n) is 4.69. The summed E-state index contributed by atoms with van der Waals surface area (Å²) in [7, 11) is 2.11. The Bertz CT molecular complexity index is 565. The summed E-state index contributed by atoms with van der Waals surface area (Å²) in [6.45, 7) is 1.45. The molecule has 8 heteroatoms. The summed E-state index contributed by atoms with van der Waals surface area (Å²) in [5.74, 6) is 6.13. The first-order chi connectivity index (χ1) is 9.28. The molecular weight excluding hydrogens is 246 g/mol. The van der Waals surface area contributed by atoms with Crippen molar-refractivity contribution in [1.82, 2.24) is 25.1 Å². The number of nitrogens with zero attached hydrogens (tertiary/aromatic N) is 4. The molecule has 0 radical (unpaired) electrons. The monoisotopic (exact) mass is 263 g/mol. The van der Waals surface area contributed by atoms with Gasteiger partial charge in [-0.2, -0.15) is 15.1 Å². The molecule has 0 aliphatic heterocycles. The minimum atomic E-state index is 0.308. The fraction of sp³-hybridized carbons (Fsp3) is 0.545. The van der Waals surface area contributed by atoms with Gasteiger partial charge < -0.3 is 9.64 Å². The Balaban J connectivity index is 1.70. The number of hydrogen-bond donors (Lipinski definition) is 3. The molecule has 3 rings (SSSR count). The molecule has 0 atom stereocenters. The lowest BCUT2D eigenvalue weighted by atomic mass is 10.4. The van der Waals surface area contributed by atoms with Crippen LogP contribution in [-0.4, -0.2) is 51.3 Å². The van der Waals surface area contributed by atoms with Crippen LogP contribution in [0.1, 0.15) is 12.8 Å². The Labute approximate surface area is 110 Å². The van der Waals surface area contributed by atoms with Crippen LogP contribution in [-0.2, 0) is 0 Å². The maximum Gasteiger partial charge on any atom is 0.242 e. The van der Waals surface area contributed by atoms with Gasteiger partial charge in [-0.1, -0.05) is 0 Å². The van der Waals surface area contributed by atoms with Gasteiger partial charge in [0.15, 0.2) is 5.65 Å². The second-order valence-corrected chi connectivity index (χ2v) is 4.69. The average Bonchev–Trinajstić information content (AvgIpc) is 3.16. The van der Waals surface area contributed by atoms with Crippen molar-refractivity contribution in [2.75, 3.05) is 25.6 Å². The zero-order valence-electron chi connectivity index (χ0n) is 10.8. The molecule has 8 nitrogen and oxygen atoms in total. The lowest BCUT2D eigenvalue weighted by Crippen LogP contribution is -2.26. The molecule has 1 aliphatic carbocycles. The van der Waals surface area contributed by atoms with Crippen molar-refractivity contribution >= 4 is 17.0 Å². The summed E-state index contributed by atoms with van der Waals surface area (Å²) >= 11 is 0. The van der Waals surface area contributed by atoms with Crippen LogP contribution in [0.3, 0.4) is 0 Å². The lowest BCUT2D eigenvalue weighted by Gasteiger charge is -2.15. The van der Waals surface area contributed by atoms with Crippen LogP contribution in [0, 0.1) is 0 Å². The molecule has 102 valence electrons. The number of nitrogen functional groups attached to an aromatic ring is 1. The molecule has 4 N–H and O–H groups in total. The Kier molecular flexibility index (Phi) is 3.18. The van der Waals surface area contributed by atoms with Crippen LogP contribution < -0.4 is 16.0 Å². The van der Waals surface area contributed by atoms with Crippen LogP contribution in [0.4, 0.5) is 5.95 Å². The molecule has 1 aliphatic rings. The summed E-state index contributed by atoms with van der Waals surface area (Å²) in [6, 6.07) is 0.726. The van der Waals surface area contributed by atoms with Crippen molar-refractivity contribution in [1.29, 1.82) is 0 Å². The summed E-state index contributed by atoms with van der Waals surface area (Å²) in [5.41, 5.74) is 3.02. The van der Waals surface area contributed by atoms with Gasteiger partial charge in [0.25, 0.3) is 0 Å². The first kappa shape index (κ1) is 12.1. The maximum atomic E-state index is 5.72. The SMILES string of the molecule is CN(CCOc1nc(NN)nc2[nH]ncc12)C1CC1. The van der Waals surface area contributed by atoms with Gasteiger partial charge in [-0.25, -0.2) is 5.84 Å². The Morgan fingerprint density at radius 2 is 2.37 bits per heavy atom. The molecule has 0 saturated heterocycles. The summed E-state index contributed by atoms with van der Waals surface area (Å²) < 4.78 is 5.72. The Morgan fingerprint density at radius 1 is 1.53 bits per heavy atom. The highest BCUT2D eigenvalue weighted by Gasteiger charge is 2.25. The van der Waals surface area contributed by atoms with E-state index in [1.54, 1.807) is 6.20 Å². The highest BCUT2D eigenvalue weighted by Crippen LogP contribution is 2.25. The number of rotatable bonds is 6. The van der Waals surface area contributed by atoms with E-state index in [1.165, 1.54) is 12.8 Å². The number of hydrazine groups is 1. The van der Waals surface area contributed by atoms with Gasteiger partial charge in [-0.15, -0.1) is 0 Å². The van der Waals surface area contributed by atoms with Crippen LogP contribution in [0.25, 0.3) is 11.0 Å². The topological polar surface area (TPSA) is 105 Å². The first-order valence-corrected chi connectivity index (χ1v) is 6.28. The summed E-state index contributed by atoms with van der Waals surface area (Å²) in [6.07, 6.45) is 4.23. The van der Waals surface area contributed by atoms with E-state index in [1.807, 2.05) is 0 Å². The number of nitrogens with one attached hydrogen (secondary N) is 2. The predicted molar refractivity (Wildman–Crippen MR) is 70.6 cm³/mol. The number of likely N-dealkylation sites (N-methyl/N-ethyl adjacent to an activating group) is 1. The van der Waals surface area contributed by atoms with E-state index in [2.05, 4.69) is 37.5 Å². The quantitative estimate of drug-likeness (QED) is 0.502. The molecular formula is C11H17N7O. The molecule has 0 bridgehead atoms. The molecule has 0 spiro atoms. The van der Waals surface area contributed by atoms with E-state index in [9.17, 15) is 0 Å². The van der Waals surface area contributed by atoms with Gasteiger partial charge in [0.05, 0.1) is 6.20 Å². The number of hydrogen-bond acceptors (Lipinski definition) is 7. The fourth-order valence-electron chi connectivity index (χ4n) is 1.97. The number of fused-ring (bicyclic) bond motifs is 1. The van der Waals surface area contributed by atoms with Crippen molar-refractivity contribution in [2.45, 2.75) is 18.9 Å².